The molecule has 1 unspecified atom stereocenters. The highest BCUT2D eigenvalue weighted by Gasteiger charge is 2.30. The topological polar surface area (TPSA) is 117 Å². The Kier molecular flexibility index (Phi) is 5.76. The van der Waals surface area contributed by atoms with E-state index in [2.05, 4.69) is 20.9 Å². The lowest BCUT2D eigenvalue weighted by Crippen LogP contribution is -2.52. The number of sulfone groups is 1. The molecule has 0 radical (unpaired) electrons. The third-order valence-corrected chi connectivity index (χ3v) is 5.49. The monoisotopic (exact) mass is 354 g/mol. The number of carbonyl (C=O) groups is 2. The zero-order valence-corrected chi connectivity index (χ0v) is 14.5. The van der Waals surface area contributed by atoms with Crippen LogP contribution in [0.3, 0.4) is 0 Å². The van der Waals surface area contributed by atoms with Gasteiger partial charge in [-0.05, 0) is 24.5 Å². The van der Waals surface area contributed by atoms with Crippen LogP contribution in [0, 0.1) is 5.92 Å². The molecule has 1 aromatic rings. The number of pyridine rings is 1. The van der Waals surface area contributed by atoms with Crippen molar-refractivity contribution in [1.82, 2.24) is 15.6 Å². The van der Waals surface area contributed by atoms with Gasteiger partial charge in [0.15, 0.2) is 9.84 Å². The molecule has 0 saturated carbocycles. The minimum absolute atomic E-state index is 0.0626. The van der Waals surface area contributed by atoms with Crippen molar-refractivity contribution in [3.8, 4) is 0 Å². The van der Waals surface area contributed by atoms with Crippen LogP contribution in [0.1, 0.15) is 20.3 Å². The molecular weight excluding hydrogens is 332 g/mol. The van der Waals surface area contributed by atoms with Crippen LogP contribution in [0.5, 0.6) is 0 Å². The Morgan fingerprint density at radius 1 is 1.29 bits per heavy atom. The minimum atomic E-state index is -3.07. The lowest BCUT2D eigenvalue weighted by molar-refractivity contribution is -0.118. The molecule has 24 heavy (non-hydrogen) atoms. The summed E-state index contributed by atoms with van der Waals surface area (Å²) in [5.41, 5.74) is 0. The number of nitrogens with zero attached hydrogens (tertiary/aromatic N) is 1. The van der Waals surface area contributed by atoms with Gasteiger partial charge < -0.3 is 16.0 Å². The summed E-state index contributed by atoms with van der Waals surface area (Å²) >= 11 is 0. The molecule has 2 atom stereocenters. The van der Waals surface area contributed by atoms with Crippen LogP contribution in [0.2, 0.25) is 0 Å². The van der Waals surface area contributed by atoms with E-state index in [9.17, 15) is 18.0 Å². The van der Waals surface area contributed by atoms with Crippen molar-refractivity contribution in [1.29, 1.82) is 0 Å². The molecule has 1 aliphatic heterocycles. The molecule has 0 bridgehead atoms. The van der Waals surface area contributed by atoms with Gasteiger partial charge >= 0.3 is 6.03 Å². The first-order valence-corrected chi connectivity index (χ1v) is 9.58. The van der Waals surface area contributed by atoms with Gasteiger partial charge in [0.2, 0.25) is 5.91 Å². The number of urea groups is 1. The number of rotatable bonds is 5. The van der Waals surface area contributed by atoms with Gasteiger partial charge in [0.05, 0.1) is 11.5 Å². The maximum absolute atomic E-state index is 12.3. The standard InChI is InChI=1S/C15H22N4O4S/c1-10(2)13(14(20)18-12-5-3-4-7-16-12)19-15(21)17-11-6-8-24(22,23)9-11/h3-5,7,10-11,13H,6,8-9H2,1-2H3,(H,16,18,20)(H2,17,19,21)/t11?,13-/m1/s1. The second-order valence-electron chi connectivity index (χ2n) is 6.14. The summed E-state index contributed by atoms with van der Waals surface area (Å²) in [5, 5.41) is 7.87. The highest BCUT2D eigenvalue weighted by atomic mass is 32.2. The summed E-state index contributed by atoms with van der Waals surface area (Å²) in [7, 11) is -3.07. The lowest BCUT2D eigenvalue weighted by atomic mass is 10.0. The molecule has 132 valence electrons. The molecular formula is C15H22N4O4S. The van der Waals surface area contributed by atoms with E-state index in [4.69, 9.17) is 0 Å². The molecule has 0 spiro atoms. The van der Waals surface area contributed by atoms with E-state index in [1.165, 1.54) is 0 Å². The summed E-state index contributed by atoms with van der Waals surface area (Å²) in [4.78, 5) is 28.4. The molecule has 3 amide bonds. The van der Waals surface area contributed by atoms with Crippen LogP contribution in [-0.2, 0) is 14.6 Å². The number of hydrogen-bond acceptors (Lipinski definition) is 5. The van der Waals surface area contributed by atoms with Crippen molar-refractivity contribution in [2.75, 3.05) is 16.8 Å². The number of hydrogen-bond donors (Lipinski definition) is 3. The van der Waals surface area contributed by atoms with Gasteiger partial charge in [0.25, 0.3) is 0 Å². The van der Waals surface area contributed by atoms with Crippen LogP contribution in [0.25, 0.3) is 0 Å². The normalized spacial score (nSPS) is 20.4. The molecule has 1 fully saturated rings. The van der Waals surface area contributed by atoms with Crippen LogP contribution < -0.4 is 16.0 Å². The molecule has 1 aliphatic rings. The average molecular weight is 354 g/mol. The summed E-state index contributed by atoms with van der Waals surface area (Å²) in [5.74, 6) is -0.111. The average Bonchev–Trinajstić information content (AvgIpc) is 2.84. The smallest absolute Gasteiger partial charge is 0.315 e. The number of carbonyl (C=O) groups excluding carboxylic acids is 2. The Bertz CT molecular complexity index is 691. The maximum atomic E-state index is 12.3. The summed E-state index contributed by atoms with van der Waals surface area (Å²) in [6.45, 7) is 3.62. The van der Waals surface area contributed by atoms with E-state index in [1.54, 1.807) is 24.4 Å². The number of aromatic nitrogens is 1. The summed E-state index contributed by atoms with van der Waals surface area (Å²) < 4.78 is 22.8. The SMILES string of the molecule is CC(C)[C@@H](NC(=O)NC1CCS(=O)(=O)C1)C(=O)Nc1ccccn1. The van der Waals surface area contributed by atoms with Gasteiger partial charge in [-0.25, -0.2) is 18.2 Å². The Labute approximate surface area is 141 Å². The van der Waals surface area contributed by atoms with E-state index in [-0.39, 0.29) is 23.3 Å². The van der Waals surface area contributed by atoms with Crippen molar-refractivity contribution in [2.45, 2.75) is 32.4 Å². The maximum Gasteiger partial charge on any atom is 0.315 e. The molecule has 1 saturated heterocycles. The van der Waals surface area contributed by atoms with E-state index in [0.29, 0.717) is 12.2 Å². The fourth-order valence-corrected chi connectivity index (χ4v) is 4.13. The Balaban J connectivity index is 1.93. The third kappa shape index (κ3) is 5.19. The fraction of sp³-hybridized carbons (Fsp3) is 0.533. The molecule has 0 aliphatic carbocycles. The van der Waals surface area contributed by atoms with Gasteiger partial charge in [-0.1, -0.05) is 19.9 Å². The van der Waals surface area contributed by atoms with Crippen LogP contribution in [-0.4, -0.2) is 48.9 Å². The lowest BCUT2D eigenvalue weighted by Gasteiger charge is -2.22. The highest BCUT2D eigenvalue weighted by molar-refractivity contribution is 7.91. The minimum Gasteiger partial charge on any atom is -0.334 e. The first-order chi connectivity index (χ1) is 11.3. The molecule has 2 heterocycles. The van der Waals surface area contributed by atoms with E-state index >= 15 is 0 Å². The van der Waals surface area contributed by atoms with Crippen molar-refractivity contribution >= 4 is 27.6 Å². The van der Waals surface area contributed by atoms with Crippen LogP contribution >= 0.6 is 0 Å². The van der Waals surface area contributed by atoms with Gasteiger partial charge in [-0.3, -0.25) is 4.79 Å². The first kappa shape index (κ1) is 18.2. The molecule has 1 aromatic heterocycles. The molecule has 0 aromatic carbocycles. The number of anilines is 1. The number of amides is 3. The zero-order chi connectivity index (χ0) is 17.7. The first-order valence-electron chi connectivity index (χ1n) is 7.76. The van der Waals surface area contributed by atoms with Gasteiger partial charge in [0, 0.05) is 12.2 Å². The summed E-state index contributed by atoms with van der Waals surface area (Å²) in [6.07, 6.45) is 1.95. The molecule has 2 rings (SSSR count). The second kappa shape index (κ2) is 7.61. The fourth-order valence-electron chi connectivity index (χ4n) is 2.45. The zero-order valence-electron chi connectivity index (χ0n) is 13.7. The van der Waals surface area contributed by atoms with Gasteiger partial charge in [0.1, 0.15) is 11.9 Å². The summed E-state index contributed by atoms with van der Waals surface area (Å²) in [6, 6.07) is 3.40. The molecule has 9 heteroatoms. The van der Waals surface area contributed by atoms with Crippen molar-refractivity contribution in [3.05, 3.63) is 24.4 Å². The van der Waals surface area contributed by atoms with Crippen molar-refractivity contribution < 1.29 is 18.0 Å². The van der Waals surface area contributed by atoms with Crippen LogP contribution in [0.4, 0.5) is 10.6 Å². The Morgan fingerprint density at radius 3 is 2.58 bits per heavy atom. The van der Waals surface area contributed by atoms with Gasteiger partial charge in [-0.2, -0.15) is 0 Å². The number of nitrogens with one attached hydrogen (secondary N) is 3. The van der Waals surface area contributed by atoms with Crippen molar-refractivity contribution in [2.24, 2.45) is 5.92 Å². The predicted molar refractivity (Wildman–Crippen MR) is 90.2 cm³/mol. The van der Waals surface area contributed by atoms with Gasteiger partial charge in [-0.15, -0.1) is 0 Å². The Morgan fingerprint density at radius 2 is 2.04 bits per heavy atom. The van der Waals surface area contributed by atoms with E-state index in [0.717, 1.165) is 0 Å². The third-order valence-electron chi connectivity index (χ3n) is 3.72. The predicted octanol–water partition coefficient (Wildman–Crippen LogP) is 0.531. The Hall–Kier alpha value is -2.16. The van der Waals surface area contributed by atoms with E-state index < -0.39 is 28.0 Å². The second-order valence-corrected chi connectivity index (χ2v) is 8.37. The highest BCUT2D eigenvalue weighted by Crippen LogP contribution is 2.11. The van der Waals surface area contributed by atoms with Crippen molar-refractivity contribution in [3.63, 3.8) is 0 Å². The molecule has 8 nitrogen and oxygen atoms in total. The molecule has 3 N–H and O–H groups in total. The quantitative estimate of drug-likeness (QED) is 0.713. The van der Waals surface area contributed by atoms with E-state index in [1.807, 2.05) is 13.8 Å². The largest absolute Gasteiger partial charge is 0.334 e. The van der Waals surface area contributed by atoms with Crippen LogP contribution in [0.15, 0.2) is 24.4 Å².